The minimum Gasteiger partial charge on any atom is -0.369 e. The van der Waals surface area contributed by atoms with Crippen LogP contribution < -0.4 is 5.73 Å². The summed E-state index contributed by atoms with van der Waals surface area (Å²) in [6.07, 6.45) is 2.55. The van der Waals surface area contributed by atoms with E-state index in [9.17, 15) is 14.4 Å². The SMILES string of the molecule is CN1CCC(C(=O)N2CCCC(C(N)=O)C2)CC1=O. The highest BCUT2D eigenvalue weighted by molar-refractivity contribution is 5.87. The van der Waals surface area contributed by atoms with Crippen LogP contribution in [0.2, 0.25) is 0 Å². The second-order valence-electron chi connectivity index (χ2n) is 5.53. The molecule has 2 saturated heterocycles. The summed E-state index contributed by atoms with van der Waals surface area (Å²) in [6.45, 7) is 1.71. The smallest absolute Gasteiger partial charge is 0.226 e. The van der Waals surface area contributed by atoms with Crippen LogP contribution in [-0.4, -0.2) is 54.2 Å². The van der Waals surface area contributed by atoms with Crippen LogP contribution in [0.5, 0.6) is 0 Å². The van der Waals surface area contributed by atoms with Crippen LogP contribution in [0.1, 0.15) is 25.7 Å². The molecule has 2 fully saturated rings. The lowest BCUT2D eigenvalue weighted by Crippen LogP contribution is -2.48. The number of hydrogen-bond donors (Lipinski definition) is 1. The molecule has 0 aromatic heterocycles. The molecule has 0 radical (unpaired) electrons. The summed E-state index contributed by atoms with van der Waals surface area (Å²) >= 11 is 0. The van der Waals surface area contributed by atoms with Crippen molar-refractivity contribution in [1.29, 1.82) is 0 Å². The van der Waals surface area contributed by atoms with Gasteiger partial charge < -0.3 is 15.5 Å². The maximum Gasteiger partial charge on any atom is 0.226 e. The van der Waals surface area contributed by atoms with E-state index in [4.69, 9.17) is 5.73 Å². The zero-order valence-electron chi connectivity index (χ0n) is 11.3. The third-order valence-corrected chi connectivity index (χ3v) is 4.14. The van der Waals surface area contributed by atoms with Crippen molar-refractivity contribution < 1.29 is 14.4 Å². The van der Waals surface area contributed by atoms with E-state index in [2.05, 4.69) is 0 Å². The Morgan fingerprint density at radius 1 is 1.21 bits per heavy atom. The first-order valence-corrected chi connectivity index (χ1v) is 6.81. The molecule has 6 heteroatoms. The molecule has 6 nitrogen and oxygen atoms in total. The highest BCUT2D eigenvalue weighted by Gasteiger charge is 2.34. The van der Waals surface area contributed by atoms with Gasteiger partial charge in [-0.25, -0.2) is 0 Å². The monoisotopic (exact) mass is 267 g/mol. The average Bonchev–Trinajstić information content (AvgIpc) is 2.41. The number of hydrogen-bond acceptors (Lipinski definition) is 3. The Labute approximate surface area is 112 Å². The van der Waals surface area contributed by atoms with Gasteiger partial charge in [-0.15, -0.1) is 0 Å². The van der Waals surface area contributed by atoms with E-state index < -0.39 is 0 Å². The summed E-state index contributed by atoms with van der Waals surface area (Å²) in [5, 5.41) is 0. The fourth-order valence-electron chi connectivity index (χ4n) is 2.82. The van der Waals surface area contributed by atoms with Gasteiger partial charge in [0.1, 0.15) is 0 Å². The van der Waals surface area contributed by atoms with Crippen molar-refractivity contribution in [1.82, 2.24) is 9.80 Å². The first kappa shape index (κ1) is 13.8. The van der Waals surface area contributed by atoms with E-state index in [-0.39, 0.29) is 36.0 Å². The molecule has 0 aromatic rings. The van der Waals surface area contributed by atoms with Gasteiger partial charge in [-0.05, 0) is 19.3 Å². The molecule has 0 spiro atoms. The quantitative estimate of drug-likeness (QED) is 0.737. The van der Waals surface area contributed by atoms with Crippen LogP contribution in [-0.2, 0) is 14.4 Å². The Kier molecular flexibility index (Phi) is 4.07. The number of primary amides is 1. The average molecular weight is 267 g/mol. The Morgan fingerprint density at radius 2 is 1.95 bits per heavy atom. The predicted molar refractivity (Wildman–Crippen MR) is 68.9 cm³/mol. The molecule has 0 saturated carbocycles. The lowest BCUT2D eigenvalue weighted by Gasteiger charge is -2.36. The Balaban J connectivity index is 1.96. The molecule has 2 unspecified atom stereocenters. The number of carbonyl (C=O) groups is 3. The van der Waals surface area contributed by atoms with E-state index >= 15 is 0 Å². The lowest BCUT2D eigenvalue weighted by molar-refractivity contribution is -0.146. The maximum absolute atomic E-state index is 12.4. The number of rotatable bonds is 2. The number of nitrogens with zero attached hydrogens (tertiary/aromatic N) is 2. The van der Waals surface area contributed by atoms with E-state index in [0.717, 1.165) is 12.8 Å². The van der Waals surface area contributed by atoms with Crippen LogP contribution in [0.25, 0.3) is 0 Å². The highest BCUT2D eigenvalue weighted by Crippen LogP contribution is 2.23. The molecule has 19 heavy (non-hydrogen) atoms. The lowest BCUT2D eigenvalue weighted by atomic mass is 9.92. The van der Waals surface area contributed by atoms with Gasteiger partial charge in [-0.2, -0.15) is 0 Å². The molecule has 2 rings (SSSR count). The number of carbonyl (C=O) groups excluding carboxylic acids is 3. The topological polar surface area (TPSA) is 83.7 Å². The summed E-state index contributed by atoms with van der Waals surface area (Å²) in [6, 6.07) is 0. The van der Waals surface area contributed by atoms with Crippen LogP contribution in [0.15, 0.2) is 0 Å². The Hall–Kier alpha value is -1.59. The molecule has 0 aliphatic carbocycles. The summed E-state index contributed by atoms with van der Waals surface area (Å²) in [7, 11) is 1.76. The fourth-order valence-corrected chi connectivity index (χ4v) is 2.82. The van der Waals surface area contributed by atoms with Gasteiger partial charge in [0.15, 0.2) is 0 Å². The summed E-state index contributed by atoms with van der Waals surface area (Å²) in [5.74, 6) is -0.771. The highest BCUT2D eigenvalue weighted by atomic mass is 16.2. The standard InChI is InChI=1S/C13H21N3O3/c1-15-6-4-9(7-11(15)17)13(19)16-5-2-3-10(8-16)12(14)18/h9-10H,2-8H2,1H3,(H2,14,18). The van der Waals surface area contributed by atoms with Gasteiger partial charge in [0, 0.05) is 39.0 Å². The normalized spacial score (nSPS) is 28.4. The molecule has 2 heterocycles. The van der Waals surface area contributed by atoms with E-state index in [1.54, 1.807) is 16.8 Å². The second-order valence-corrected chi connectivity index (χ2v) is 5.53. The predicted octanol–water partition coefficient (Wildman–Crippen LogP) is -0.421. The molecule has 106 valence electrons. The zero-order valence-corrected chi connectivity index (χ0v) is 11.3. The summed E-state index contributed by atoms with van der Waals surface area (Å²) in [5.41, 5.74) is 5.31. The third-order valence-electron chi connectivity index (χ3n) is 4.14. The number of piperidine rings is 2. The molecular weight excluding hydrogens is 246 g/mol. The number of likely N-dealkylation sites (tertiary alicyclic amines) is 2. The van der Waals surface area contributed by atoms with Crippen molar-refractivity contribution in [3.05, 3.63) is 0 Å². The van der Waals surface area contributed by atoms with Gasteiger partial charge in [0.2, 0.25) is 17.7 Å². The summed E-state index contributed by atoms with van der Waals surface area (Å²) in [4.78, 5) is 38.6. The molecular formula is C13H21N3O3. The molecule has 2 atom stereocenters. The molecule has 3 amide bonds. The van der Waals surface area contributed by atoms with Crippen molar-refractivity contribution in [3.63, 3.8) is 0 Å². The van der Waals surface area contributed by atoms with Crippen LogP contribution >= 0.6 is 0 Å². The van der Waals surface area contributed by atoms with E-state index in [1.165, 1.54) is 0 Å². The minimum atomic E-state index is -0.336. The first-order chi connectivity index (χ1) is 8.99. The van der Waals surface area contributed by atoms with Crippen molar-refractivity contribution in [2.24, 2.45) is 17.6 Å². The van der Waals surface area contributed by atoms with E-state index in [1.807, 2.05) is 0 Å². The van der Waals surface area contributed by atoms with Gasteiger partial charge >= 0.3 is 0 Å². The Morgan fingerprint density at radius 3 is 2.58 bits per heavy atom. The second kappa shape index (κ2) is 5.59. The number of nitrogens with two attached hydrogens (primary N) is 1. The third kappa shape index (κ3) is 3.05. The van der Waals surface area contributed by atoms with Crippen molar-refractivity contribution in [2.45, 2.75) is 25.7 Å². The Bertz CT molecular complexity index is 397. The maximum atomic E-state index is 12.4. The van der Waals surface area contributed by atoms with E-state index in [0.29, 0.717) is 26.1 Å². The van der Waals surface area contributed by atoms with Gasteiger partial charge in [0.05, 0.1) is 5.92 Å². The molecule has 0 aromatic carbocycles. The first-order valence-electron chi connectivity index (χ1n) is 6.81. The van der Waals surface area contributed by atoms with Crippen molar-refractivity contribution in [3.8, 4) is 0 Å². The molecule has 2 aliphatic rings. The summed E-state index contributed by atoms with van der Waals surface area (Å²) < 4.78 is 0. The van der Waals surface area contributed by atoms with Crippen LogP contribution in [0.3, 0.4) is 0 Å². The van der Waals surface area contributed by atoms with Gasteiger partial charge in [-0.3, -0.25) is 14.4 Å². The fraction of sp³-hybridized carbons (Fsp3) is 0.769. The largest absolute Gasteiger partial charge is 0.369 e. The van der Waals surface area contributed by atoms with Crippen molar-refractivity contribution >= 4 is 17.7 Å². The molecule has 0 bridgehead atoms. The van der Waals surface area contributed by atoms with Crippen LogP contribution in [0.4, 0.5) is 0 Å². The number of amides is 3. The molecule has 2 aliphatic heterocycles. The van der Waals surface area contributed by atoms with Gasteiger partial charge in [0.25, 0.3) is 0 Å². The minimum absolute atomic E-state index is 0.00685. The van der Waals surface area contributed by atoms with Gasteiger partial charge in [-0.1, -0.05) is 0 Å². The molecule has 2 N–H and O–H groups in total. The zero-order chi connectivity index (χ0) is 14.0. The van der Waals surface area contributed by atoms with Crippen LogP contribution in [0, 0.1) is 11.8 Å². The van der Waals surface area contributed by atoms with Crippen molar-refractivity contribution in [2.75, 3.05) is 26.7 Å².